The summed E-state index contributed by atoms with van der Waals surface area (Å²) < 4.78 is 1.33. The Labute approximate surface area is 321 Å². The summed E-state index contributed by atoms with van der Waals surface area (Å²) in [7, 11) is 1.92. The van der Waals surface area contributed by atoms with Gasteiger partial charge >= 0.3 is 103 Å². The number of amides is 1. The molecule has 0 atom stereocenters. The Balaban J connectivity index is 0.00000253. The third-order valence-electron chi connectivity index (χ3n) is 5.44. The van der Waals surface area contributed by atoms with Gasteiger partial charge in [0.05, 0.1) is 40.3 Å². The molecule has 0 aliphatic carbocycles. The van der Waals surface area contributed by atoms with Crippen LogP contribution in [0.1, 0.15) is 13.8 Å². The number of hydrogen-bond acceptors (Lipinski definition) is 11. The molecule has 1 aromatic heterocycles. The molecule has 0 N–H and O–H groups in total. The van der Waals surface area contributed by atoms with Gasteiger partial charge in [0, 0.05) is 11.9 Å². The number of nitrogens with zero attached hydrogens (tertiary/aromatic N) is 3. The topological polar surface area (TPSA) is 126 Å². The van der Waals surface area contributed by atoms with Gasteiger partial charge in [0.15, 0.2) is 0 Å². The number of thioether (sulfide) groups is 2. The van der Waals surface area contributed by atoms with Crippen molar-refractivity contribution in [3.05, 3.63) is 54.9 Å². The Hall–Kier alpha value is 0.403. The molecule has 3 heterocycles. The van der Waals surface area contributed by atoms with E-state index in [0.29, 0.717) is 5.57 Å². The molecule has 4 rings (SSSR count). The second kappa shape index (κ2) is 14.5. The number of carbonyl (C=O) groups is 3. The quantitative estimate of drug-likeness (QED) is 0.223. The molecule has 0 radical (unpaired) electrons. The van der Waals surface area contributed by atoms with Crippen LogP contribution in [-0.4, -0.2) is 45.2 Å². The van der Waals surface area contributed by atoms with E-state index in [1.165, 1.54) is 0 Å². The summed E-state index contributed by atoms with van der Waals surface area (Å²) in [6.45, 7) is 2.33. The molecule has 1 aromatic carbocycles. The zero-order chi connectivity index (χ0) is 26.3. The van der Waals surface area contributed by atoms with Crippen molar-refractivity contribution >= 4 is 85.4 Å². The van der Waals surface area contributed by atoms with Crippen molar-refractivity contribution in [2.75, 3.05) is 18.5 Å². The zero-order valence-electron chi connectivity index (χ0n) is 21.3. The van der Waals surface area contributed by atoms with Crippen LogP contribution in [0.3, 0.4) is 0 Å². The minimum Gasteiger partial charge on any atom is -0.548 e. The standard InChI is InChI=1S/C23H21N3O6S4.2K/c1-11(2)12(8-15-24(3)13-6-4-5-7-14(13)34-15)18-20(31)25(9-16(27)28)22(35-18)19-21(32)26(10-17(29)30)23(33)36-19;;/h4-8,11H,9-10H2,1-3H3,(H,27,28)(H,29,30);;/q;2*+1/p-2/b15-8?,18-12-,22-19-;;. The van der Waals surface area contributed by atoms with Crippen LogP contribution in [0.25, 0.3) is 10.5 Å². The van der Waals surface area contributed by atoms with Gasteiger partial charge in [-0.1, -0.05) is 61.7 Å². The molecule has 15 heteroatoms. The maximum absolute atomic E-state index is 13.5. The normalized spacial score (nSPS) is 17.9. The number of anilines is 1. The van der Waals surface area contributed by atoms with E-state index in [0.717, 1.165) is 48.2 Å². The molecular formula is C23H19K2N3O6S4. The van der Waals surface area contributed by atoms with E-state index in [2.05, 4.69) is 0 Å². The first-order valence-corrected chi connectivity index (χ1v) is 13.5. The molecule has 0 unspecified atom stereocenters. The van der Waals surface area contributed by atoms with Crippen LogP contribution in [0.5, 0.6) is 0 Å². The summed E-state index contributed by atoms with van der Waals surface area (Å²) in [5.41, 5.74) is 1.13. The fourth-order valence-electron chi connectivity index (χ4n) is 3.70. The van der Waals surface area contributed by atoms with Crippen LogP contribution in [0, 0.1) is 5.92 Å². The maximum Gasteiger partial charge on any atom is 1.00 e. The van der Waals surface area contributed by atoms with Gasteiger partial charge in [-0.05, 0) is 29.7 Å². The van der Waals surface area contributed by atoms with Crippen LogP contribution in [0.2, 0.25) is 0 Å². The van der Waals surface area contributed by atoms with E-state index in [1.54, 1.807) is 11.8 Å². The van der Waals surface area contributed by atoms with E-state index < -0.39 is 36.5 Å². The summed E-state index contributed by atoms with van der Waals surface area (Å²) in [6.07, 6.45) is 1.90. The predicted octanol–water partition coefficient (Wildman–Crippen LogP) is -6.72. The zero-order valence-corrected chi connectivity index (χ0v) is 30.8. The largest absolute Gasteiger partial charge is 1.00 e. The minimum atomic E-state index is -1.50. The number of hydrogen-bond donors (Lipinski definition) is 0. The number of thiazole rings is 1. The number of carboxylic acids is 2. The van der Waals surface area contributed by atoms with Crippen LogP contribution < -0.4 is 133 Å². The third kappa shape index (κ3) is 7.24. The van der Waals surface area contributed by atoms with Crippen molar-refractivity contribution < 1.29 is 127 Å². The maximum atomic E-state index is 13.5. The summed E-state index contributed by atoms with van der Waals surface area (Å²) in [5.74, 6) is -3.83. The molecule has 9 nitrogen and oxygen atoms in total. The summed E-state index contributed by atoms with van der Waals surface area (Å²) >= 11 is 8.49. The summed E-state index contributed by atoms with van der Waals surface area (Å²) in [6, 6.07) is 7.89. The number of allylic oxidation sites excluding steroid dienone is 1. The number of carbonyl (C=O) groups excluding carboxylic acids is 3. The first-order chi connectivity index (χ1) is 17.0. The number of carboxylic acid groups (broad SMARTS) is 2. The van der Waals surface area contributed by atoms with Crippen molar-refractivity contribution in [1.29, 1.82) is 0 Å². The Bertz CT molecular complexity index is 1530. The second-order valence-electron chi connectivity index (χ2n) is 8.18. The molecular weight excluding hydrogens is 621 g/mol. The monoisotopic (exact) mass is 639 g/mol. The Morgan fingerprint density at radius 1 is 1.05 bits per heavy atom. The van der Waals surface area contributed by atoms with Crippen LogP contribution in [0.4, 0.5) is 5.69 Å². The molecule has 0 spiro atoms. The number of benzene rings is 1. The molecule has 38 heavy (non-hydrogen) atoms. The Kier molecular flexibility index (Phi) is 13.2. The van der Waals surface area contributed by atoms with Gasteiger partial charge in [-0.3, -0.25) is 19.1 Å². The van der Waals surface area contributed by atoms with E-state index in [1.807, 2.05) is 56.1 Å². The molecule has 1 amide bonds. The first kappa shape index (κ1) is 34.6. The van der Waals surface area contributed by atoms with Crippen LogP contribution >= 0.6 is 47.1 Å². The number of thiocarbonyl (C=S) groups is 1. The first-order valence-electron chi connectivity index (χ1n) is 10.6. The average Bonchev–Trinajstić information content (AvgIpc) is 3.39. The number of rotatable bonds is 6. The van der Waals surface area contributed by atoms with E-state index in [4.69, 9.17) is 12.2 Å². The van der Waals surface area contributed by atoms with Gasteiger partial charge in [0.25, 0.3) is 11.5 Å². The van der Waals surface area contributed by atoms with Crippen molar-refractivity contribution in [3.8, 4) is 0 Å². The molecule has 188 valence electrons. The molecule has 2 aromatic rings. The van der Waals surface area contributed by atoms with Crippen molar-refractivity contribution in [1.82, 2.24) is 9.47 Å². The predicted molar refractivity (Wildman–Crippen MR) is 140 cm³/mol. The van der Waals surface area contributed by atoms with Gasteiger partial charge in [-0.15, -0.1) is 11.3 Å². The van der Waals surface area contributed by atoms with Crippen molar-refractivity contribution in [3.63, 3.8) is 0 Å². The molecule has 1 fully saturated rings. The van der Waals surface area contributed by atoms with Gasteiger partial charge < -0.3 is 24.7 Å². The van der Waals surface area contributed by atoms with Gasteiger partial charge in [-0.25, -0.2) is 0 Å². The fourth-order valence-corrected chi connectivity index (χ4v) is 7.52. The molecule has 1 saturated heterocycles. The minimum absolute atomic E-state index is 0. The third-order valence-corrected chi connectivity index (χ3v) is 9.40. The van der Waals surface area contributed by atoms with Crippen molar-refractivity contribution in [2.24, 2.45) is 5.92 Å². The SMILES string of the molecule is CC(C)/C(C=C1Sc2ccccc2N1C)=c1\s/c(=C2\SC(=S)N(CC(=O)[O-])C2=O)n(CC(=O)[O-])c1=O.[K+].[K+]. The number of fused-ring (bicyclic) bond motifs is 1. The second-order valence-corrected chi connectivity index (χ2v) is 11.9. The Morgan fingerprint density at radius 2 is 1.68 bits per heavy atom. The van der Waals surface area contributed by atoms with E-state index in [-0.39, 0.29) is 127 Å². The molecule has 0 bridgehead atoms. The fraction of sp³-hybridized carbons (Fsp3) is 0.261. The average molecular weight is 640 g/mol. The number of aliphatic carboxylic acids is 2. The smallest absolute Gasteiger partial charge is 0.548 e. The van der Waals surface area contributed by atoms with Gasteiger partial charge in [0.1, 0.15) is 13.9 Å². The van der Waals surface area contributed by atoms with E-state index in [9.17, 15) is 29.4 Å². The van der Waals surface area contributed by atoms with Gasteiger partial charge in [0.2, 0.25) is 0 Å². The van der Waals surface area contributed by atoms with E-state index >= 15 is 0 Å². The van der Waals surface area contributed by atoms with Gasteiger partial charge in [-0.2, -0.15) is 0 Å². The number of para-hydroxylation sites is 1. The van der Waals surface area contributed by atoms with Crippen LogP contribution in [0.15, 0.2) is 45.1 Å². The number of aromatic nitrogens is 1. The molecule has 2 aliphatic heterocycles. The molecule has 2 aliphatic rings. The summed E-state index contributed by atoms with van der Waals surface area (Å²) in [5, 5.41) is 23.4. The van der Waals surface area contributed by atoms with Crippen LogP contribution in [-0.2, 0) is 20.9 Å². The summed E-state index contributed by atoms with van der Waals surface area (Å²) in [4.78, 5) is 52.9. The van der Waals surface area contributed by atoms with Crippen molar-refractivity contribution in [2.45, 2.75) is 25.3 Å². The Morgan fingerprint density at radius 3 is 2.26 bits per heavy atom. The molecule has 0 saturated carbocycles.